The van der Waals surface area contributed by atoms with Gasteiger partial charge in [0.25, 0.3) is 0 Å². The van der Waals surface area contributed by atoms with Gasteiger partial charge >= 0.3 is 0 Å². The fourth-order valence-corrected chi connectivity index (χ4v) is 5.29. The first-order chi connectivity index (χ1) is 13.2. The lowest BCUT2D eigenvalue weighted by molar-refractivity contribution is -0.126. The van der Waals surface area contributed by atoms with Crippen LogP contribution in [0.2, 0.25) is 0 Å². The molecular weight excluding hydrogens is 358 g/mol. The molecule has 0 spiro atoms. The quantitative estimate of drug-likeness (QED) is 0.792. The van der Waals surface area contributed by atoms with E-state index >= 15 is 0 Å². The smallest absolute Gasteiger partial charge is 0.225 e. The maximum Gasteiger partial charge on any atom is 0.225 e. The molecule has 1 aromatic carbocycles. The normalized spacial score (nSPS) is 21.8. The van der Waals surface area contributed by atoms with Crippen molar-refractivity contribution in [2.45, 2.75) is 57.4 Å². The number of ether oxygens (including phenoxy) is 1. The molecular formula is C21H29N3O2S. The van der Waals surface area contributed by atoms with Crippen LogP contribution < -0.4 is 15.0 Å². The molecule has 2 heterocycles. The Balaban J connectivity index is 1.42. The number of rotatable bonds is 4. The zero-order chi connectivity index (χ0) is 18.6. The Bertz CT molecular complexity index is 783. The van der Waals surface area contributed by atoms with Crippen molar-refractivity contribution >= 4 is 32.6 Å². The van der Waals surface area contributed by atoms with Crippen molar-refractivity contribution in [2.24, 2.45) is 5.92 Å². The molecule has 1 aromatic heterocycles. The summed E-state index contributed by atoms with van der Waals surface area (Å²) in [6.07, 6.45) is 9.42. The van der Waals surface area contributed by atoms with E-state index in [1.54, 1.807) is 18.4 Å². The molecule has 1 atom stereocenters. The zero-order valence-corrected chi connectivity index (χ0v) is 16.9. The minimum atomic E-state index is 0.0727. The molecule has 2 fully saturated rings. The van der Waals surface area contributed by atoms with Crippen LogP contribution in [0.25, 0.3) is 10.2 Å². The number of fused-ring (bicyclic) bond motifs is 1. The predicted octanol–water partition coefficient (Wildman–Crippen LogP) is 4.36. The van der Waals surface area contributed by atoms with E-state index < -0.39 is 0 Å². The summed E-state index contributed by atoms with van der Waals surface area (Å²) in [7, 11) is 1.69. The minimum Gasteiger partial charge on any atom is -0.497 e. The summed E-state index contributed by atoms with van der Waals surface area (Å²) < 4.78 is 6.45. The highest BCUT2D eigenvalue weighted by Crippen LogP contribution is 2.33. The number of thiazole rings is 1. The number of hydrogen-bond donors (Lipinski definition) is 1. The van der Waals surface area contributed by atoms with E-state index in [2.05, 4.69) is 10.2 Å². The highest BCUT2D eigenvalue weighted by atomic mass is 32.1. The lowest BCUT2D eigenvalue weighted by Crippen LogP contribution is -2.46. The Kier molecular flexibility index (Phi) is 5.81. The van der Waals surface area contributed by atoms with Crippen LogP contribution in [0.1, 0.15) is 51.4 Å². The highest BCUT2D eigenvalue weighted by molar-refractivity contribution is 7.22. The molecule has 27 heavy (non-hydrogen) atoms. The lowest BCUT2D eigenvalue weighted by Gasteiger charge is -2.32. The van der Waals surface area contributed by atoms with E-state index in [-0.39, 0.29) is 11.8 Å². The Morgan fingerprint density at radius 1 is 1.19 bits per heavy atom. The van der Waals surface area contributed by atoms with Crippen LogP contribution in [0.4, 0.5) is 5.13 Å². The number of anilines is 1. The maximum atomic E-state index is 12.8. The first-order valence-corrected chi connectivity index (χ1v) is 11.0. The number of piperidine rings is 1. The summed E-state index contributed by atoms with van der Waals surface area (Å²) in [5.74, 6) is 1.18. The summed E-state index contributed by atoms with van der Waals surface area (Å²) in [5, 5.41) is 4.36. The number of nitrogens with zero attached hydrogens (tertiary/aromatic N) is 2. The average Bonchev–Trinajstić information content (AvgIpc) is 2.97. The summed E-state index contributed by atoms with van der Waals surface area (Å²) >= 11 is 1.69. The van der Waals surface area contributed by atoms with Gasteiger partial charge in [-0.3, -0.25) is 4.79 Å². The number of carbonyl (C=O) groups excluding carboxylic acids is 1. The van der Waals surface area contributed by atoms with E-state index in [9.17, 15) is 4.79 Å². The summed E-state index contributed by atoms with van der Waals surface area (Å²) in [6, 6.07) is 6.38. The van der Waals surface area contributed by atoms with E-state index in [0.29, 0.717) is 6.04 Å². The van der Waals surface area contributed by atoms with Gasteiger partial charge in [-0.05, 0) is 43.9 Å². The van der Waals surface area contributed by atoms with E-state index in [4.69, 9.17) is 9.72 Å². The third kappa shape index (κ3) is 4.37. The Morgan fingerprint density at radius 2 is 2.00 bits per heavy atom. The topological polar surface area (TPSA) is 54.5 Å². The molecule has 146 valence electrons. The zero-order valence-electron chi connectivity index (χ0n) is 16.1. The van der Waals surface area contributed by atoms with Crippen molar-refractivity contribution in [3.8, 4) is 5.75 Å². The van der Waals surface area contributed by atoms with Crippen molar-refractivity contribution in [3.63, 3.8) is 0 Å². The van der Waals surface area contributed by atoms with Crippen LogP contribution in [0, 0.1) is 5.92 Å². The number of nitrogens with one attached hydrogen (secondary N) is 1. The van der Waals surface area contributed by atoms with Crippen LogP contribution in [-0.2, 0) is 4.79 Å². The number of methoxy groups -OCH3 is 1. The molecule has 1 aliphatic heterocycles. The fourth-order valence-electron chi connectivity index (χ4n) is 4.26. The van der Waals surface area contributed by atoms with Gasteiger partial charge in [-0.2, -0.15) is 0 Å². The molecule has 1 N–H and O–H groups in total. The van der Waals surface area contributed by atoms with E-state index in [1.807, 2.05) is 18.2 Å². The average molecular weight is 388 g/mol. The van der Waals surface area contributed by atoms with Gasteiger partial charge in [-0.1, -0.05) is 37.0 Å². The fraction of sp³-hybridized carbons (Fsp3) is 0.619. The summed E-state index contributed by atoms with van der Waals surface area (Å²) in [5.41, 5.74) is 1.00. The number of aromatic nitrogens is 1. The Labute approximate surface area is 165 Å². The molecule has 6 heteroatoms. The highest BCUT2D eigenvalue weighted by Gasteiger charge is 2.29. The Morgan fingerprint density at radius 3 is 2.78 bits per heavy atom. The van der Waals surface area contributed by atoms with Gasteiger partial charge in [-0.25, -0.2) is 4.98 Å². The van der Waals surface area contributed by atoms with Crippen molar-refractivity contribution in [1.82, 2.24) is 10.3 Å². The molecule has 0 bridgehead atoms. The van der Waals surface area contributed by atoms with Gasteiger partial charge in [0.2, 0.25) is 5.91 Å². The van der Waals surface area contributed by atoms with Crippen molar-refractivity contribution < 1.29 is 9.53 Å². The number of carbonyl (C=O) groups is 1. The van der Waals surface area contributed by atoms with E-state index in [1.165, 1.54) is 25.7 Å². The van der Waals surface area contributed by atoms with Gasteiger partial charge < -0.3 is 15.0 Å². The third-order valence-corrected chi connectivity index (χ3v) is 6.93. The first-order valence-electron chi connectivity index (χ1n) is 10.2. The van der Waals surface area contributed by atoms with Crippen molar-refractivity contribution in [2.75, 3.05) is 25.1 Å². The van der Waals surface area contributed by atoms with Gasteiger partial charge in [-0.15, -0.1) is 0 Å². The summed E-state index contributed by atoms with van der Waals surface area (Å²) in [4.78, 5) is 19.9. The second-order valence-electron chi connectivity index (χ2n) is 7.81. The van der Waals surface area contributed by atoms with Crippen LogP contribution in [0.5, 0.6) is 5.75 Å². The minimum absolute atomic E-state index is 0.0727. The second kappa shape index (κ2) is 8.46. The van der Waals surface area contributed by atoms with Crippen molar-refractivity contribution in [3.05, 3.63) is 18.2 Å². The van der Waals surface area contributed by atoms with Gasteiger partial charge in [0.05, 0.1) is 23.2 Å². The van der Waals surface area contributed by atoms with Crippen LogP contribution in [0.3, 0.4) is 0 Å². The Hall–Kier alpha value is -1.82. The van der Waals surface area contributed by atoms with Crippen LogP contribution in [-0.4, -0.2) is 37.1 Å². The molecule has 2 aliphatic rings. The van der Waals surface area contributed by atoms with Crippen LogP contribution in [0.15, 0.2) is 18.2 Å². The number of amides is 1. The SMILES string of the molecule is COc1ccc2nc(N3CCCC(C(=O)NC4CCCCCC4)C3)sc2c1. The maximum absolute atomic E-state index is 12.8. The standard InChI is InChI=1S/C21H29N3O2S/c1-26-17-10-11-18-19(13-17)27-21(23-18)24-12-6-7-15(14-24)20(25)22-16-8-4-2-3-5-9-16/h10-11,13,15-16H,2-9,12,14H2,1H3,(H,22,25). The predicted molar refractivity (Wildman–Crippen MR) is 111 cm³/mol. The van der Waals surface area contributed by atoms with Crippen molar-refractivity contribution in [1.29, 1.82) is 0 Å². The molecule has 5 nitrogen and oxygen atoms in total. The van der Waals surface area contributed by atoms with Gasteiger partial charge in [0.1, 0.15) is 5.75 Å². The lowest BCUT2D eigenvalue weighted by atomic mass is 9.96. The monoisotopic (exact) mass is 387 g/mol. The number of hydrogen-bond acceptors (Lipinski definition) is 5. The molecule has 1 aliphatic carbocycles. The molecule has 1 amide bonds. The largest absolute Gasteiger partial charge is 0.497 e. The van der Waals surface area contributed by atoms with E-state index in [0.717, 1.165) is 59.9 Å². The molecule has 2 aromatic rings. The van der Waals surface area contributed by atoms with Gasteiger partial charge in [0.15, 0.2) is 5.13 Å². The molecule has 1 saturated heterocycles. The molecule has 1 saturated carbocycles. The summed E-state index contributed by atoms with van der Waals surface area (Å²) in [6.45, 7) is 1.75. The second-order valence-corrected chi connectivity index (χ2v) is 8.82. The third-order valence-electron chi connectivity index (χ3n) is 5.85. The molecule has 4 rings (SSSR count). The van der Waals surface area contributed by atoms with Gasteiger partial charge in [0, 0.05) is 19.1 Å². The molecule has 0 radical (unpaired) electrons. The number of benzene rings is 1. The first kappa shape index (κ1) is 18.5. The molecule has 1 unspecified atom stereocenters. The van der Waals surface area contributed by atoms with Crippen LogP contribution >= 0.6 is 11.3 Å².